The SMILES string of the molecule is CCC12C(=O)C34C5C[C@H](Cc6ccc(Cl)cc6)N(C)C3[C@@H](COC)NC4[C@H](C)N(Cc3ccc(Cl)cc3Oc3ccc(-c4cncc(C6CCNCC6)c4)cc3)C1C[C@@H](Cc1ccccc1)C2N(C)[C@@H](C)CN5. The third-order valence-electron chi connectivity index (χ3n) is 19.0. The summed E-state index contributed by atoms with van der Waals surface area (Å²) in [5.74, 6) is 2.67. The van der Waals surface area contributed by atoms with Crippen LogP contribution in [0.2, 0.25) is 10.0 Å². The Bertz CT molecular complexity index is 2720. The number of hydrogen-bond donors (Lipinski definition) is 3. The number of aromatic nitrogens is 1. The highest BCUT2D eigenvalue weighted by molar-refractivity contribution is 6.31. The molecule has 0 amide bonds. The summed E-state index contributed by atoms with van der Waals surface area (Å²) in [5, 5.41) is 13.3. The molecule has 10 nitrogen and oxygen atoms in total. The van der Waals surface area contributed by atoms with Crippen molar-refractivity contribution in [2.75, 3.05) is 47.4 Å². The molecular weight excluding hydrogens is 950 g/mol. The number of halogens is 2. The first-order valence-corrected chi connectivity index (χ1v) is 27.9. The third kappa shape index (κ3) is 9.08. The van der Waals surface area contributed by atoms with Crippen LogP contribution in [0.4, 0.5) is 0 Å². The topological polar surface area (TPSA) is 94.2 Å². The van der Waals surface area contributed by atoms with E-state index in [1.54, 1.807) is 7.11 Å². The molecule has 73 heavy (non-hydrogen) atoms. The fourth-order valence-corrected chi connectivity index (χ4v) is 15.9. The Balaban J connectivity index is 1.00. The van der Waals surface area contributed by atoms with E-state index in [1.165, 1.54) is 16.7 Å². The van der Waals surface area contributed by atoms with Gasteiger partial charge in [-0.1, -0.05) is 90.8 Å². The Morgan fingerprint density at radius 1 is 0.808 bits per heavy atom. The lowest BCUT2D eigenvalue weighted by molar-refractivity contribution is -0.154. The van der Waals surface area contributed by atoms with E-state index in [0.29, 0.717) is 29.9 Å². The molecule has 12 atom stereocenters. The minimum absolute atomic E-state index is 0.00261. The van der Waals surface area contributed by atoms with Crippen LogP contribution in [0.15, 0.2) is 116 Å². The number of nitrogens with one attached hydrogen (secondary N) is 3. The highest BCUT2D eigenvalue weighted by atomic mass is 35.5. The first-order chi connectivity index (χ1) is 35.4. The number of benzene rings is 4. The smallest absolute Gasteiger partial charge is 0.153 e. The number of methoxy groups -OCH3 is 1. The molecule has 7 unspecified atom stereocenters. The number of carbonyl (C=O) groups excluding carboxylic acids is 1. The molecule has 5 saturated heterocycles. The number of likely N-dealkylation sites (tertiary alicyclic amines) is 2. The molecule has 1 aliphatic carbocycles. The molecule has 4 aromatic carbocycles. The Kier molecular flexibility index (Phi) is 14.7. The first-order valence-electron chi connectivity index (χ1n) is 27.2. The number of likely N-dealkylation sites (N-methyl/N-ethyl adjacent to an activating group) is 2. The van der Waals surface area contributed by atoms with E-state index in [2.05, 4.69) is 149 Å². The minimum atomic E-state index is -0.772. The van der Waals surface area contributed by atoms with E-state index < -0.39 is 10.8 Å². The Morgan fingerprint density at radius 3 is 2.29 bits per heavy atom. The highest BCUT2D eigenvalue weighted by Crippen LogP contribution is 2.63. The molecule has 386 valence electrons. The van der Waals surface area contributed by atoms with Crippen LogP contribution in [0.1, 0.15) is 81.0 Å². The maximum absolute atomic E-state index is 17.5. The Labute approximate surface area is 443 Å². The zero-order valence-electron chi connectivity index (χ0n) is 43.6. The average Bonchev–Trinajstić information content (AvgIpc) is 3.92. The van der Waals surface area contributed by atoms with Crippen LogP contribution in [-0.4, -0.2) is 127 Å². The molecule has 6 aliphatic rings. The van der Waals surface area contributed by atoms with Crippen molar-refractivity contribution in [1.82, 2.24) is 35.6 Å². The standard InChI is InChI=1S/C61H75Cl2N7O3/c1-7-60-55-30-45(27-40-11-9-8-10-12-40)57(60)68(4)38(2)33-66-54-32-50(28-41-13-18-48(62)19-14-41)69(5)58-52(37-72-6)67-56(61(54,58)59(60)71)39(3)70(55)36-44-15-20-49(63)31-53(44)73-51-21-16-42(17-22-51)46-29-47(35-65-34-46)43-23-25-64-26-24-43/h8-22,29,31,34-35,38-39,43,45,50,52,54-58,64,66-67H,7,23-28,30,32-33,36-37H2,1-6H3/t38-,39-,45+,50-,52+,54?,55?,56?,57?,58?,60?,61?/m0/s1. The molecular formula is C61H75Cl2N7O3. The molecule has 11 rings (SSSR count). The van der Waals surface area contributed by atoms with Gasteiger partial charge in [-0.25, -0.2) is 0 Å². The van der Waals surface area contributed by atoms with E-state index in [0.717, 1.165) is 97.8 Å². The number of rotatable bonds is 13. The number of ketones is 1. The minimum Gasteiger partial charge on any atom is -0.457 e. The van der Waals surface area contributed by atoms with Gasteiger partial charge in [0, 0.05) is 108 Å². The fraction of sp³-hybridized carbons (Fsp3) is 0.508. The molecule has 5 aliphatic heterocycles. The number of hydrogen-bond acceptors (Lipinski definition) is 10. The molecule has 5 aromatic rings. The molecule has 3 N–H and O–H groups in total. The molecule has 6 fully saturated rings. The van der Waals surface area contributed by atoms with E-state index >= 15 is 4.79 Å². The van der Waals surface area contributed by atoms with Crippen LogP contribution >= 0.6 is 23.2 Å². The zero-order chi connectivity index (χ0) is 50.6. The zero-order valence-corrected chi connectivity index (χ0v) is 45.1. The van der Waals surface area contributed by atoms with Crippen molar-refractivity contribution in [3.8, 4) is 22.6 Å². The largest absolute Gasteiger partial charge is 0.457 e. The summed E-state index contributed by atoms with van der Waals surface area (Å²) in [6.07, 6.45) is 10.5. The van der Waals surface area contributed by atoms with Gasteiger partial charge in [-0.05, 0) is 163 Å². The van der Waals surface area contributed by atoms with E-state index in [-0.39, 0.29) is 60.3 Å². The van der Waals surface area contributed by atoms with Crippen LogP contribution in [0.3, 0.4) is 0 Å². The van der Waals surface area contributed by atoms with E-state index in [9.17, 15) is 0 Å². The second-order valence-corrected chi connectivity index (χ2v) is 23.5. The van der Waals surface area contributed by atoms with Crippen molar-refractivity contribution < 1.29 is 14.3 Å². The van der Waals surface area contributed by atoms with Crippen LogP contribution in [0.25, 0.3) is 11.1 Å². The van der Waals surface area contributed by atoms with Gasteiger partial charge in [0.1, 0.15) is 11.5 Å². The van der Waals surface area contributed by atoms with Gasteiger partial charge in [-0.15, -0.1) is 0 Å². The van der Waals surface area contributed by atoms with Gasteiger partial charge in [0.25, 0.3) is 0 Å². The molecule has 0 radical (unpaired) electrons. The molecule has 1 saturated carbocycles. The normalized spacial score (nSPS) is 32.9. The van der Waals surface area contributed by atoms with Gasteiger partial charge >= 0.3 is 0 Å². The molecule has 2 bridgehead atoms. The van der Waals surface area contributed by atoms with Crippen molar-refractivity contribution in [3.63, 3.8) is 0 Å². The van der Waals surface area contributed by atoms with Crippen molar-refractivity contribution >= 4 is 29.0 Å². The van der Waals surface area contributed by atoms with Gasteiger partial charge in [-0.3, -0.25) is 24.5 Å². The van der Waals surface area contributed by atoms with Crippen LogP contribution in [0.5, 0.6) is 11.5 Å². The van der Waals surface area contributed by atoms with Gasteiger partial charge in [0.15, 0.2) is 5.78 Å². The maximum atomic E-state index is 17.5. The van der Waals surface area contributed by atoms with Crippen LogP contribution < -0.4 is 20.7 Å². The summed E-state index contributed by atoms with van der Waals surface area (Å²) < 4.78 is 13.1. The summed E-state index contributed by atoms with van der Waals surface area (Å²) in [6.45, 7) is 11.1. The second-order valence-electron chi connectivity index (χ2n) is 22.6. The summed E-state index contributed by atoms with van der Waals surface area (Å²) in [5.41, 5.74) is 5.67. The number of Topliss-reactive ketones (excluding diaryl/α,β-unsaturated/α-hetero) is 1. The lowest BCUT2D eigenvalue weighted by Gasteiger charge is -2.57. The van der Waals surface area contributed by atoms with Gasteiger partial charge < -0.3 is 25.4 Å². The van der Waals surface area contributed by atoms with E-state index in [1.807, 2.05) is 36.7 Å². The molecule has 1 aromatic heterocycles. The van der Waals surface area contributed by atoms with Crippen molar-refractivity contribution in [3.05, 3.63) is 148 Å². The number of ether oxygens (including phenoxy) is 2. The lowest BCUT2D eigenvalue weighted by Crippen LogP contribution is -2.73. The average molecular weight is 1030 g/mol. The summed E-state index contributed by atoms with van der Waals surface area (Å²) >= 11 is 13.3. The molecule has 1 spiro atoms. The molecule has 6 heterocycles. The monoisotopic (exact) mass is 1020 g/mol. The summed E-state index contributed by atoms with van der Waals surface area (Å²) in [6, 6.07) is 36.0. The van der Waals surface area contributed by atoms with Crippen molar-refractivity contribution in [2.45, 2.75) is 133 Å². The van der Waals surface area contributed by atoms with Gasteiger partial charge in [-0.2, -0.15) is 0 Å². The Morgan fingerprint density at radius 2 is 1.55 bits per heavy atom. The number of pyridine rings is 1. The molecule has 12 heteroatoms. The van der Waals surface area contributed by atoms with Crippen LogP contribution in [0, 0.1) is 16.7 Å². The Hall–Kier alpha value is -4.20. The number of carbonyl (C=O) groups is 1. The van der Waals surface area contributed by atoms with Gasteiger partial charge in [0.05, 0.1) is 17.4 Å². The highest BCUT2D eigenvalue weighted by Gasteiger charge is 2.77. The van der Waals surface area contributed by atoms with Gasteiger partial charge in [0.2, 0.25) is 0 Å². The predicted octanol–water partition coefficient (Wildman–Crippen LogP) is 10.1. The first kappa shape index (κ1) is 50.9. The maximum Gasteiger partial charge on any atom is 0.153 e. The third-order valence-corrected chi connectivity index (χ3v) is 19.5. The summed E-state index contributed by atoms with van der Waals surface area (Å²) in [7, 11) is 6.41. The summed E-state index contributed by atoms with van der Waals surface area (Å²) in [4.78, 5) is 30.1. The quantitative estimate of drug-likeness (QED) is 0.106. The van der Waals surface area contributed by atoms with Crippen molar-refractivity contribution in [2.24, 2.45) is 16.7 Å². The lowest BCUT2D eigenvalue weighted by atomic mass is 9.54. The van der Waals surface area contributed by atoms with E-state index in [4.69, 9.17) is 32.7 Å². The number of piperidine rings is 2. The van der Waals surface area contributed by atoms with Crippen LogP contribution in [-0.2, 0) is 28.9 Å². The fourth-order valence-electron chi connectivity index (χ4n) is 15.6. The number of nitrogens with zero attached hydrogens (tertiary/aromatic N) is 4. The second kappa shape index (κ2) is 21.1. The predicted molar refractivity (Wildman–Crippen MR) is 294 cm³/mol. The van der Waals surface area contributed by atoms with Crippen molar-refractivity contribution in [1.29, 1.82) is 0 Å².